The summed E-state index contributed by atoms with van der Waals surface area (Å²) < 4.78 is 35.0. The van der Waals surface area contributed by atoms with Gasteiger partial charge in [0.2, 0.25) is 0 Å². The van der Waals surface area contributed by atoms with Gasteiger partial charge in [-0.15, -0.1) is 0 Å². The molecule has 0 amide bonds. The zero-order valence-corrected chi connectivity index (χ0v) is 5.35. The van der Waals surface area contributed by atoms with E-state index in [0.717, 1.165) is 0 Å². The Kier molecular flexibility index (Phi) is 3.06. The molecule has 0 saturated carbocycles. The fourth-order valence-electron chi connectivity index (χ4n) is 0.442. The fourth-order valence-corrected chi connectivity index (χ4v) is 0.442. The molecule has 0 aliphatic rings. The first-order valence-corrected chi connectivity index (χ1v) is 2.60. The Morgan fingerprint density at radius 3 is 2.09 bits per heavy atom. The maximum atomic E-state index is 11.7. The second kappa shape index (κ2) is 3.38. The number of carboxylic acids is 1. The molecule has 0 saturated heterocycles. The van der Waals surface area contributed by atoms with E-state index >= 15 is 0 Å². The van der Waals surface area contributed by atoms with Gasteiger partial charge in [-0.2, -0.15) is 13.2 Å². The van der Waals surface area contributed by atoms with E-state index in [4.69, 9.17) is 10.8 Å². The number of rotatable bonds is 2. The normalized spacial score (nSPS) is 13.3. The molecule has 0 aliphatic carbocycles. The molecule has 3 nitrogen and oxygen atoms in total. The molecule has 3 N–H and O–H groups in total. The first-order chi connectivity index (χ1) is 4.89. The van der Waals surface area contributed by atoms with Gasteiger partial charge < -0.3 is 10.8 Å². The van der Waals surface area contributed by atoms with Crippen LogP contribution in [0.3, 0.4) is 0 Å². The number of nitrogens with two attached hydrogens (primary N) is 1. The highest BCUT2D eigenvalue weighted by molar-refractivity contribution is 5.88. The van der Waals surface area contributed by atoms with Gasteiger partial charge in [-0.1, -0.05) is 6.08 Å². The van der Waals surface area contributed by atoms with Gasteiger partial charge in [0.1, 0.15) is 5.57 Å². The third kappa shape index (κ3) is 3.03. The van der Waals surface area contributed by atoms with Crippen molar-refractivity contribution in [3.8, 4) is 0 Å². The van der Waals surface area contributed by atoms with Crippen molar-refractivity contribution in [3.63, 3.8) is 0 Å². The summed E-state index contributed by atoms with van der Waals surface area (Å²) in [5, 5.41) is 8.00. The molecule has 0 rings (SSSR count). The molecular weight excluding hydrogens is 163 g/mol. The Morgan fingerprint density at radius 1 is 1.55 bits per heavy atom. The molecule has 0 spiro atoms. The number of hydrogen-bond donors (Lipinski definition) is 2. The third-order valence-corrected chi connectivity index (χ3v) is 0.858. The van der Waals surface area contributed by atoms with Crippen LogP contribution in [0, 0.1) is 0 Å². The average molecular weight is 169 g/mol. The number of alkyl halides is 3. The topological polar surface area (TPSA) is 63.3 Å². The minimum Gasteiger partial charge on any atom is -0.478 e. The van der Waals surface area contributed by atoms with Gasteiger partial charge in [0.05, 0.1) is 0 Å². The Morgan fingerprint density at radius 2 is 2.00 bits per heavy atom. The molecule has 0 radical (unpaired) electrons. The van der Waals surface area contributed by atoms with Crippen molar-refractivity contribution in [3.05, 3.63) is 11.6 Å². The van der Waals surface area contributed by atoms with Gasteiger partial charge in [0.15, 0.2) is 0 Å². The third-order valence-electron chi connectivity index (χ3n) is 0.858. The molecule has 0 fully saturated rings. The van der Waals surface area contributed by atoms with Crippen LogP contribution in [0.4, 0.5) is 13.2 Å². The van der Waals surface area contributed by atoms with Crippen LogP contribution >= 0.6 is 0 Å². The number of hydrogen-bond acceptors (Lipinski definition) is 2. The summed E-state index contributed by atoms with van der Waals surface area (Å²) in [4.78, 5) is 9.89. The maximum Gasteiger partial charge on any atom is 0.423 e. The van der Waals surface area contributed by atoms with Crippen LogP contribution in [0.2, 0.25) is 0 Å². The largest absolute Gasteiger partial charge is 0.478 e. The summed E-state index contributed by atoms with van der Waals surface area (Å²) >= 11 is 0. The van der Waals surface area contributed by atoms with Crippen LogP contribution in [0.15, 0.2) is 11.6 Å². The molecule has 0 aromatic rings. The Balaban J connectivity index is 4.63. The molecule has 0 heterocycles. The molecule has 6 heteroatoms. The predicted octanol–water partition coefficient (Wildman–Crippen LogP) is 0.518. The van der Waals surface area contributed by atoms with Gasteiger partial charge in [-0.3, -0.25) is 0 Å². The van der Waals surface area contributed by atoms with Crippen molar-refractivity contribution in [2.45, 2.75) is 6.18 Å². The Bertz CT molecular complexity index is 185. The van der Waals surface area contributed by atoms with Crippen LogP contribution in [-0.2, 0) is 4.79 Å². The summed E-state index contributed by atoms with van der Waals surface area (Å²) in [6, 6.07) is 0. The zero-order chi connectivity index (χ0) is 9.07. The van der Waals surface area contributed by atoms with Crippen molar-refractivity contribution in [1.82, 2.24) is 0 Å². The quantitative estimate of drug-likeness (QED) is 0.592. The van der Waals surface area contributed by atoms with Crippen molar-refractivity contribution in [1.29, 1.82) is 0 Å². The lowest BCUT2D eigenvalue weighted by Gasteiger charge is -2.05. The van der Waals surface area contributed by atoms with E-state index in [0.29, 0.717) is 6.08 Å². The zero-order valence-electron chi connectivity index (χ0n) is 5.35. The van der Waals surface area contributed by atoms with Crippen molar-refractivity contribution < 1.29 is 23.1 Å². The van der Waals surface area contributed by atoms with Gasteiger partial charge in [0, 0.05) is 6.54 Å². The second-order valence-electron chi connectivity index (χ2n) is 1.66. The Labute approximate surface area is 60.3 Å². The Hall–Kier alpha value is -1.04. The molecule has 0 aliphatic heterocycles. The van der Waals surface area contributed by atoms with Gasteiger partial charge in [-0.05, 0) is 0 Å². The van der Waals surface area contributed by atoms with Crippen LogP contribution in [0.25, 0.3) is 0 Å². The smallest absolute Gasteiger partial charge is 0.423 e. The summed E-state index contributed by atoms with van der Waals surface area (Å²) in [6.45, 7) is -0.443. The monoisotopic (exact) mass is 169 g/mol. The minimum atomic E-state index is -4.83. The molecule has 0 aromatic carbocycles. The van der Waals surface area contributed by atoms with Crippen LogP contribution in [-0.4, -0.2) is 23.8 Å². The SMILES string of the molecule is NC/C=C(/C(=O)O)C(F)(F)F. The number of aliphatic carboxylic acids is 1. The van der Waals surface area contributed by atoms with Gasteiger partial charge >= 0.3 is 12.1 Å². The number of halogens is 3. The van der Waals surface area contributed by atoms with Crippen LogP contribution < -0.4 is 5.73 Å². The van der Waals surface area contributed by atoms with Gasteiger partial charge in [-0.25, -0.2) is 4.79 Å². The van der Waals surface area contributed by atoms with E-state index < -0.39 is 24.3 Å². The summed E-state index contributed by atoms with van der Waals surface area (Å²) in [6.07, 6.45) is -4.41. The molecule has 0 atom stereocenters. The number of carboxylic acid groups (broad SMARTS) is 1. The van der Waals surface area contributed by atoms with E-state index in [1.165, 1.54) is 0 Å². The summed E-state index contributed by atoms with van der Waals surface area (Å²) in [7, 11) is 0. The van der Waals surface area contributed by atoms with E-state index in [9.17, 15) is 18.0 Å². The maximum absolute atomic E-state index is 11.7. The highest BCUT2D eigenvalue weighted by Crippen LogP contribution is 2.24. The molecule has 0 bridgehead atoms. The second-order valence-corrected chi connectivity index (χ2v) is 1.66. The lowest BCUT2D eigenvalue weighted by atomic mass is 10.2. The highest BCUT2D eigenvalue weighted by Gasteiger charge is 2.38. The van der Waals surface area contributed by atoms with E-state index in [1.807, 2.05) is 0 Å². The molecular formula is C5H6F3NO2. The van der Waals surface area contributed by atoms with Crippen molar-refractivity contribution >= 4 is 5.97 Å². The van der Waals surface area contributed by atoms with Crippen molar-refractivity contribution in [2.75, 3.05) is 6.54 Å². The lowest BCUT2D eigenvalue weighted by molar-refractivity contribution is -0.144. The molecule has 64 valence electrons. The van der Waals surface area contributed by atoms with Crippen LogP contribution in [0.1, 0.15) is 0 Å². The van der Waals surface area contributed by atoms with Gasteiger partial charge in [0.25, 0.3) is 0 Å². The molecule has 11 heavy (non-hydrogen) atoms. The molecule has 0 aromatic heterocycles. The van der Waals surface area contributed by atoms with Crippen molar-refractivity contribution in [2.24, 2.45) is 5.73 Å². The summed E-state index contributed by atoms with van der Waals surface area (Å²) in [5.41, 5.74) is 3.10. The minimum absolute atomic E-state index is 0.419. The average Bonchev–Trinajstić information content (AvgIpc) is 1.79. The first-order valence-electron chi connectivity index (χ1n) is 2.60. The van der Waals surface area contributed by atoms with E-state index in [2.05, 4.69) is 0 Å². The van der Waals surface area contributed by atoms with E-state index in [-0.39, 0.29) is 0 Å². The first kappa shape index (κ1) is 9.96. The van der Waals surface area contributed by atoms with E-state index in [1.54, 1.807) is 0 Å². The fraction of sp³-hybridized carbons (Fsp3) is 0.400. The molecule has 0 unspecified atom stereocenters. The highest BCUT2D eigenvalue weighted by atomic mass is 19.4. The summed E-state index contributed by atoms with van der Waals surface area (Å²) in [5.74, 6) is -2.01. The predicted molar refractivity (Wildman–Crippen MR) is 30.8 cm³/mol. The van der Waals surface area contributed by atoms with Crippen LogP contribution in [0.5, 0.6) is 0 Å². The lowest BCUT2D eigenvalue weighted by Crippen LogP contribution is -2.20. The standard InChI is InChI=1S/C5H6F3NO2/c6-5(7,8)3(1-2-9)4(10)11/h1H,2,9H2,(H,10,11)/b3-1-. The number of carbonyl (C=O) groups is 1.